The predicted molar refractivity (Wildman–Crippen MR) is 117 cm³/mol. The number of carbonyl (C=O) groups excluding carboxylic acids is 1. The van der Waals surface area contributed by atoms with Crippen molar-refractivity contribution in [1.29, 1.82) is 0 Å². The second-order valence-corrected chi connectivity index (χ2v) is 9.46. The molecule has 3 rings (SSSR count). The van der Waals surface area contributed by atoms with Crippen molar-refractivity contribution in [3.05, 3.63) is 53.8 Å². The summed E-state index contributed by atoms with van der Waals surface area (Å²) >= 11 is 0. The molecule has 1 fully saturated rings. The van der Waals surface area contributed by atoms with Crippen molar-refractivity contribution >= 4 is 27.3 Å². The smallest absolute Gasteiger partial charge is 0.243 e. The largest absolute Gasteiger partial charge is 0.367 e. The summed E-state index contributed by atoms with van der Waals surface area (Å²) in [7, 11) is -3.56. The number of sulfonamides is 1. The number of amides is 1. The summed E-state index contributed by atoms with van der Waals surface area (Å²) in [5.74, 6) is -0.558. The summed E-state index contributed by atoms with van der Waals surface area (Å²) in [5, 5.41) is 2.71. The molecule has 1 N–H and O–H groups in total. The number of hydrogen-bond acceptors (Lipinski definition) is 4. The molecule has 0 aliphatic carbocycles. The van der Waals surface area contributed by atoms with Crippen molar-refractivity contribution in [3.63, 3.8) is 0 Å². The van der Waals surface area contributed by atoms with Crippen LogP contribution in [0, 0.1) is 12.7 Å². The molecule has 0 aromatic heterocycles. The SMILES string of the molecule is CCCCC(=O)Nc1ccc(N2CCN(S(=O)(=O)c3ccc(C)cc3)CC2)c(F)c1. The van der Waals surface area contributed by atoms with Gasteiger partial charge in [-0.1, -0.05) is 31.0 Å². The minimum atomic E-state index is -3.56. The third-order valence-electron chi connectivity index (χ3n) is 5.23. The average Bonchev–Trinajstić information content (AvgIpc) is 2.73. The molecule has 2 aromatic rings. The standard InChI is InChI=1S/C22H28FN3O3S/c1-3-4-5-22(27)24-18-8-11-21(20(23)16-18)25-12-14-26(15-13-25)30(28,29)19-9-6-17(2)7-10-19/h6-11,16H,3-5,12-15H2,1-2H3,(H,24,27). The van der Waals surface area contributed by atoms with Gasteiger partial charge >= 0.3 is 0 Å². The number of anilines is 2. The number of halogens is 1. The number of unbranched alkanes of at least 4 members (excludes halogenated alkanes) is 1. The van der Waals surface area contributed by atoms with E-state index in [1.54, 1.807) is 36.4 Å². The molecule has 1 aliphatic rings. The number of benzene rings is 2. The predicted octanol–water partition coefficient (Wildman–Crippen LogP) is 3.77. The van der Waals surface area contributed by atoms with Crippen LogP contribution in [0.4, 0.5) is 15.8 Å². The number of nitrogens with one attached hydrogen (secondary N) is 1. The zero-order valence-electron chi connectivity index (χ0n) is 17.4. The molecule has 1 heterocycles. The van der Waals surface area contributed by atoms with Gasteiger partial charge in [0.15, 0.2) is 0 Å². The molecule has 0 spiro atoms. The Morgan fingerprint density at radius 3 is 2.33 bits per heavy atom. The maximum Gasteiger partial charge on any atom is 0.243 e. The molecule has 0 radical (unpaired) electrons. The molecule has 0 atom stereocenters. The number of aryl methyl sites for hydroxylation is 1. The highest BCUT2D eigenvalue weighted by Gasteiger charge is 2.29. The highest BCUT2D eigenvalue weighted by atomic mass is 32.2. The number of nitrogens with zero attached hydrogens (tertiary/aromatic N) is 2. The zero-order chi connectivity index (χ0) is 21.7. The van der Waals surface area contributed by atoms with Gasteiger partial charge < -0.3 is 10.2 Å². The van der Waals surface area contributed by atoms with Gasteiger partial charge in [-0.05, 0) is 43.7 Å². The Balaban J connectivity index is 1.63. The Morgan fingerprint density at radius 1 is 1.07 bits per heavy atom. The normalized spacial score (nSPS) is 15.2. The van der Waals surface area contributed by atoms with Gasteiger partial charge in [0, 0.05) is 38.3 Å². The van der Waals surface area contributed by atoms with Crippen LogP contribution in [-0.2, 0) is 14.8 Å². The zero-order valence-corrected chi connectivity index (χ0v) is 18.2. The van der Waals surface area contributed by atoms with Crippen molar-refractivity contribution < 1.29 is 17.6 Å². The minimum absolute atomic E-state index is 0.126. The van der Waals surface area contributed by atoms with Crippen LogP contribution in [-0.4, -0.2) is 44.8 Å². The first kappa shape index (κ1) is 22.2. The maximum atomic E-state index is 14.6. The highest BCUT2D eigenvalue weighted by molar-refractivity contribution is 7.89. The van der Waals surface area contributed by atoms with Crippen LogP contribution in [0.2, 0.25) is 0 Å². The lowest BCUT2D eigenvalue weighted by atomic mass is 10.2. The molecule has 1 saturated heterocycles. The lowest BCUT2D eigenvalue weighted by Gasteiger charge is -2.35. The summed E-state index contributed by atoms with van der Waals surface area (Å²) in [6.45, 7) is 5.27. The molecule has 2 aromatic carbocycles. The summed E-state index contributed by atoms with van der Waals surface area (Å²) in [5.41, 5.74) is 1.84. The van der Waals surface area contributed by atoms with Crippen molar-refractivity contribution in [1.82, 2.24) is 4.31 Å². The van der Waals surface area contributed by atoms with E-state index in [-0.39, 0.29) is 23.9 Å². The quantitative estimate of drug-likeness (QED) is 0.722. The Labute approximate surface area is 177 Å². The van der Waals surface area contributed by atoms with Gasteiger partial charge in [0.1, 0.15) is 5.82 Å². The van der Waals surface area contributed by atoms with Crippen molar-refractivity contribution in [2.45, 2.75) is 38.0 Å². The van der Waals surface area contributed by atoms with Crippen LogP contribution in [0.5, 0.6) is 0 Å². The van der Waals surface area contributed by atoms with Gasteiger partial charge in [-0.15, -0.1) is 0 Å². The first-order valence-electron chi connectivity index (χ1n) is 10.2. The fraction of sp³-hybridized carbons (Fsp3) is 0.409. The topological polar surface area (TPSA) is 69.7 Å². The van der Waals surface area contributed by atoms with E-state index in [2.05, 4.69) is 5.32 Å². The van der Waals surface area contributed by atoms with Crippen LogP contribution < -0.4 is 10.2 Å². The van der Waals surface area contributed by atoms with E-state index < -0.39 is 15.8 Å². The summed E-state index contributed by atoms with van der Waals surface area (Å²) in [6, 6.07) is 11.4. The Hall–Kier alpha value is -2.45. The van der Waals surface area contributed by atoms with Gasteiger partial charge in [-0.25, -0.2) is 12.8 Å². The van der Waals surface area contributed by atoms with Crippen LogP contribution >= 0.6 is 0 Å². The van der Waals surface area contributed by atoms with E-state index in [4.69, 9.17) is 0 Å². The summed E-state index contributed by atoms with van der Waals surface area (Å²) < 4.78 is 41.7. The average molecular weight is 434 g/mol. The third-order valence-corrected chi connectivity index (χ3v) is 7.14. The summed E-state index contributed by atoms with van der Waals surface area (Å²) in [6.07, 6.45) is 2.13. The molecule has 0 bridgehead atoms. The molecular weight excluding hydrogens is 405 g/mol. The second kappa shape index (κ2) is 9.57. The van der Waals surface area contributed by atoms with Crippen molar-refractivity contribution in [2.24, 2.45) is 0 Å². The second-order valence-electron chi connectivity index (χ2n) is 7.52. The molecule has 30 heavy (non-hydrogen) atoms. The van der Waals surface area contributed by atoms with E-state index >= 15 is 0 Å². The molecular formula is C22H28FN3O3S. The fourth-order valence-corrected chi connectivity index (χ4v) is 4.85. The molecule has 1 aliphatic heterocycles. The lowest BCUT2D eigenvalue weighted by molar-refractivity contribution is -0.116. The van der Waals surface area contributed by atoms with Crippen LogP contribution in [0.25, 0.3) is 0 Å². The van der Waals surface area contributed by atoms with E-state index in [1.165, 1.54) is 10.4 Å². The number of piperazine rings is 1. The highest BCUT2D eigenvalue weighted by Crippen LogP contribution is 2.26. The number of carbonyl (C=O) groups is 1. The van der Waals surface area contributed by atoms with Gasteiger partial charge in [0.2, 0.25) is 15.9 Å². The molecule has 162 valence electrons. The van der Waals surface area contributed by atoms with Gasteiger partial charge in [-0.3, -0.25) is 4.79 Å². The first-order chi connectivity index (χ1) is 14.3. The maximum absolute atomic E-state index is 14.6. The molecule has 1 amide bonds. The third kappa shape index (κ3) is 5.17. The van der Waals surface area contributed by atoms with E-state index in [0.717, 1.165) is 18.4 Å². The first-order valence-corrected chi connectivity index (χ1v) is 11.7. The van der Waals surface area contributed by atoms with Gasteiger partial charge in [-0.2, -0.15) is 4.31 Å². The monoisotopic (exact) mass is 433 g/mol. The van der Waals surface area contributed by atoms with Crippen LogP contribution in [0.15, 0.2) is 47.4 Å². The number of hydrogen-bond donors (Lipinski definition) is 1. The van der Waals surface area contributed by atoms with Crippen molar-refractivity contribution in [2.75, 3.05) is 36.4 Å². The molecule has 6 nitrogen and oxygen atoms in total. The Kier molecular flexibility index (Phi) is 7.10. The van der Waals surface area contributed by atoms with Crippen molar-refractivity contribution in [3.8, 4) is 0 Å². The molecule has 0 saturated carbocycles. The van der Waals surface area contributed by atoms with E-state index in [9.17, 15) is 17.6 Å². The fourth-order valence-electron chi connectivity index (χ4n) is 3.43. The van der Waals surface area contributed by atoms with Crippen LogP contribution in [0.1, 0.15) is 31.7 Å². The van der Waals surface area contributed by atoms with Crippen LogP contribution in [0.3, 0.4) is 0 Å². The lowest BCUT2D eigenvalue weighted by Crippen LogP contribution is -2.48. The Morgan fingerprint density at radius 2 is 1.73 bits per heavy atom. The Bertz CT molecular complexity index is 985. The summed E-state index contributed by atoms with van der Waals surface area (Å²) in [4.78, 5) is 13.9. The van der Waals surface area contributed by atoms with E-state index in [0.29, 0.717) is 30.9 Å². The van der Waals surface area contributed by atoms with Gasteiger partial charge in [0.25, 0.3) is 0 Å². The molecule has 8 heteroatoms. The minimum Gasteiger partial charge on any atom is -0.367 e. The number of rotatable bonds is 7. The van der Waals surface area contributed by atoms with E-state index in [1.807, 2.05) is 18.7 Å². The van der Waals surface area contributed by atoms with Gasteiger partial charge in [0.05, 0.1) is 10.6 Å². The molecule has 0 unspecified atom stereocenters.